The third-order valence-electron chi connectivity index (χ3n) is 4.20. The number of benzene rings is 2. The molecule has 0 atom stereocenters. The highest BCUT2D eigenvalue weighted by atomic mass is 35.5. The first-order chi connectivity index (χ1) is 13.8. The summed E-state index contributed by atoms with van der Waals surface area (Å²) in [4.78, 5) is 24.4. The van der Waals surface area contributed by atoms with Crippen LogP contribution in [-0.2, 0) is 6.54 Å². The van der Waals surface area contributed by atoms with Gasteiger partial charge in [0.05, 0.1) is 28.2 Å². The van der Waals surface area contributed by atoms with Gasteiger partial charge >= 0.3 is 0 Å². The van der Waals surface area contributed by atoms with E-state index in [-0.39, 0.29) is 23.1 Å². The van der Waals surface area contributed by atoms with Crippen LogP contribution in [0.2, 0.25) is 5.02 Å². The lowest BCUT2D eigenvalue weighted by Crippen LogP contribution is -2.22. The Morgan fingerprint density at radius 2 is 1.93 bits per heavy atom. The molecule has 0 aliphatic heterocycles. The van der Waals surface area contributed by atoms with Gasteiger partial charge in [-0.1, -0.05) is 17.7 Å². The van der Waals surface area contributed by atoms with Crippen molar-refractivity contribution >= 4 is 28.7 Å². The minimum absolute atomic E-state index is 0.0938. The van der Waals surface area contributed by atoms with E-state index < -0.39 is 10.5 Å². The number of rotatable bonds is 6. The summed E-state index contributed by atoms with van der Waals surface area (Å²) in [6.07, 6.45) is 1.37. The second-order valence-corrected chi connectivity index (χ2v) is 6.77. The Hall–Kier alpha value is -3.46. The van der Waals surface area contributed by atoms with E-state index in [1.165, 1.54) is 36.5 Å². The van der Waals surface area contributed by atoms with Crippen LogP contribution in [0.1, 0.15) is 5.56 Å². The normalized spacial score (nSPS) is 10.6. The first-order valence-electron chi connectivity index (χ1n) is 8.50. The Labute approximate surface area is 170 Å². The van der Waals surface area contributed by atoms with E-state index >= 15 is 0 Å². The van der Waals surface area contributed by atoms with E-state index in [0.717, 1.165) is 4.68 Å². The van der Waals surface area contributed by atoms with Crippen molar-refractivity contribution in [1.29, 1.82) is 0 Å². The van der Waals surface area contributed by atoms with E-state index in [9.17, 15) is 19.3 Å². The zero-order valence-corrected chi connectivity index (χ0v) is 16.4. The van der Waals surface area contributed by atoms with Gasteiger partial charge in [0, 0.05) is 32.8 Å². The minimum atomic E-state index is -0.584. The Morgan fingerprint density at radius 1 is 1.24 bits per heavy atom. The van der Waals surface area contributed by atoms with Crippen LogP contribution < -0.4 is 15.8 Å². The summed E-state index contributed by atoms with van der Waals surface area (Å²) in [5.41, 5.74) is 1.10. The fraction of sp³-hybridized carbons (Fsp3) is 0.158. The molecule has 0 amide bonds. The number of aromatic nitrogens is 2. The number of anilines is 2. The van der Waals surface area contributed by atoms with Gasteiger partial charge < -0.3 is 10.2 Å². The standard InChI is InChI=1S/C19H17ClFN5O3/c1-24(2)17-8-3-12(9-15(17)21)10-22-16-11-23-25(19(27)18(16)20)13-4-6-14(7-5-13)26(28)29/h3-9,11,22H,10H2,1-2H3. The van der Waals surface area contributed by atoms with Crippen LogP contribution in [0, 0.1) is 15.9 Å². The van der Waals surface area contributed by atoms with E-state index in [1.807, 2.05) is 0 Å². The van der Waals surface area contributed by atoms with E-state index in [2.05, 4.69) is 10.4 Å². The van der Waals surface area contributed by atoms with Gasteiger partial charge in [-0.2, -0.15) is 9.78 Å². The van der Waals surface area contributed by atoms with Crippen LogP contribution in [-0.4, -0.2) is 28.8 Å². The molecule has 1 N–H and O–H groups in total. The lowest BCUT2D eigenvalue weighted by atomic mass is 10.2. The maximum absolute atomic E-state index is 14.1. The molecule has 0 aliphatic carbocycles. The van der Waals surface area contributed by atoms with Crippen molar-refractivity contribution in [3.8, 4) is 5.69 Å². The lowest BCUT2D eigenvalue weighted by molar-refractivity contribution is -0.384. The predicted octanol–water partition coefficient (Wildman–Crippen LogP) is 3.61. The van der Waals surface area contributed by atoms with Crippen LogP contribution in [0.15, 0.2) is 53.5 Å². The monoisotopic (exact) mass is 417 g/mol. The first-order valence-corrected chi connectivity index (χ1v) is 8.88. The fourth-order valence-corrected chi connectivity index (χ4v) is 2.87. The molecule has 150 valence electrons. The fourth-order valence-electron chi connectivity index (χ4n) is 2.68. The van der Waals surface area contributed by atoms with Gasteiger partial charge in [0.25, 0.3) is 11.2 Å². The zero-order valence-electron chi connectivity index (χ0n) is 15.6. The first kappa shape index (κ1) is 20.3. The van der Waals surface area contributed by atoms with E-state index in [4.69, 9.17) is 11.6 Å². The van der Waals surface area contributed by atoms with Gasteiger partial charge in [-0.3, -0.25) is 14.9 Å². The predicted molar refractivity (Wildman–Crippen MR) is 110 cm³/mol. The Bertz CT molecular complexity index is 1120. The molecular weight excluding hydrogens is 401 g/mol. The molecule has 10 heteroatoms. The molecule has 29 heavy (non-hydrogen) atoms. The van der Waals surface area contributed by atoms with Crippen molar-refractivity contribution in [2.45, 2.75) is 6.54 Å². The summed E-state index contributed by atoms with van der Waals surface area (Å²) in [5.74, 6) is -0.355. The molecule has 0 bridgehead atoms. The summed E-state index contributed by atoms with van der Waals surface area (Å²) in [6.45, 7) is 0.243. The summed E-state index contributed by atoms with van der Waals surface area (Å²) >= 11 is 6.17. The topological polar surface area (TPSA) is 93.3 Å². The van der Waals surface area contributed by atoms with Crippen molar-refractivity contribution in [3.63, 3.8) is 0 Å². The molecule has 0 saturated heterocycles. The van der Waals surface area contributed by atoms with Crippen LogP contribution in [0.25, 0.3) is 5.69 Å². The average Bonchev–Trinajstić information content (AvgIpc) is 2.69. The van der Waals surface area contributed by atoms with Crippen LogP contribution in [0.5, 0.6) is 0 Å². The van der Waals surface area contributed by atoms with Crippen LogP contribution >= 0.6 is 11.6 Å². The third kappa shape index (κ3) is 4.35. The molecule has 2 aromatic carbocycles. The molecular formula is C19H17ClFN5O3. The Morgan fingerprint density at radius 3 is 2.52 bits per heavy atom. The molecule has 3 rings (SSSR count). The Kier molecular flexibility index (Phi) is 5.79. The number of nitrogens with zero attached hydrogens (tertiary/aromatic N) is 4. The molecule has 0 fully saturated rings. The molecule has 3 aromatic rings. The molecule has 0 unspecified atom stereocenters. The molecule has 1 heterocycles. The van der Waals surface area contributed by atoms with Crippen molar-refractivity contribution in [1.82, 2.24) is 9.78 Å². The average molecular weight is 418 g/mol. The molecule has 0 saturated carbocycles. The molecule has 0 spiro atoms. The van der Waals surface area contributed by atoms with Gasteiger partial charge in [-0.25, -0.2) is 4.39 Å². The van der Waals surface area contributed by atoms with Crippen molar-refractivity contribution in [2.75, 3.05) is 24.3 Å². The molecule has 0 radical (unpaired) electrons. The summed E-state index contributed by atoms with van der Waals surface area (Å²) in [6, 6.07) is 10.2. The summed E-state index contributed by atoms with van der Waals surface area (Å²) in [7, 11) is 3.50. The largest absolute Gasteiger partial charge is 0.378 e. The van der Waals surface area contributed by atoms with Crippen molar-refractivity contribution in [3.05, 3.63) is 85.5 Å². The number of halogens is 2. The molecule has 0 aliphatic rings. The second-order valence-electron chi connectivity index (χ2n) is 6.40. The highest BCUT2D eigenvalue weighted by molar-refractivity contribution is 6.32. The molecule has 1 aromatic heterocycles. The van der Waals surface area contributed by atoms with Gasteiger partial charge in [0.2, 0.25) is 0 Å². The Balaban J connectivity index is 1.80. The smallest absolute Gasteiger partial charge is 0.292 e. The molecule has 8 nitrogen and oxygen atoms in total. The second kappa shape index (κ2) is 8.27. The third-order valence-corrected chi connectivity index (χ3v) is 4.57. The number of nitro groups is 1. The van der Waals surface area contributed by atoms with Gasteiger partial charge in [0.15, 0.2) is 0 Å². The highest BCUT2D eigenvalue weighted by Gasteiger charge is 2.13. The van der Waals surface area contributed by atoms with E-state index in [1.54, 1.807) is 31.1 Å². The van der Waals surface area contributed by atoms with Crippen LogP contribution in [0.3, 0.4) is 0 Å². The van der Waals surface area contributed by atoms with Crippen LogP contribution in [0.4, 0.5) is 21.5 Å². The minimum Gasteiger partial charge on any atom is -0.378 e. The maximum Gasteiger partial charge on any atom is 0.292 e. The number of nitrogens with one attached hydrogen (secondary N) is 1. The van der Waals surface area contributed by atoms with Crippen molar-refractivity contribution in [2.24, 2.45) is 0 Å². The summed E-state index contributed by atoms with van der Waals surface area (Å²) < 4.78 is 15.1. The number of non-ortho nitro benzene ring substituents is 1. The summed E-state index contributed by atoms with van der Waals surface area (Å²) in [5, 5.41) is 17.7. The SMILES string of the molecule is CN(C)c1ccc(CNc2cnn(-c3ccc([N+](=O)[O-])cc3)c(=O)c2Cl)cc1F. The van der Waals surface area contributed by atoms with E-state index in [0.29, 0.717) is 22.6 Å². The highest BCUT2D eigenvalue weighted by Crippen LogP contribution is 2.21. The van der Waals surface area contributed by atoms with Crippen molar-refractivity contribution < 1.29 is 9.31 Å². The van der Waals surface area contributed by atoms with Gasteiger partial charge in [0.1, 0.15) is 10.8 Å². The van der Waals surface area contributed by atoms with Gasteiger partial charge in [-0.15, -0.1) is 0 Å². The lowest BCUT2D eigenvalue weighted by Gasteiger charge is -2.15. The zero-order chi connectivity index (χ0) is 21.1. The number of hydrogen-bond donors (Lipinski definition) is 1. The van der Waals surface area contributed by atoms with Gasteiger partial charge in [-0.05, 0) is 29.8 Å². The number of nitro benzene ring substituents is 1. The quantitative estimate of drug-likeness (QED) is 0.486. The number of hydrogen-bond acceptors (Lipinski definition) is 6. The maximum atomic E-state index is 14.1.